The van der Waals surface area contributed by atoms with Gasteiger partial charge in [0.05, 0.1) is 29.3 Å². The molecular formula is C37H46N10O4. The van der Waals surface area contributed by atoms with Crippen molar-refractivity contribution in [2.75, 3.05) is 54.0 Å². The van der Waals surface area contributed by atoms with Gasteiger partial charge in [-0.25, -0.2) is 0 Å². The van der Waals surface area contributed by atoms with Gasteiger partial charge in [0.1, 0.15) is 11.5 Å². The number of nitrogens with two attached hydrogens (primary N) is 2. The van der Waals surface area contributed by atoms with Crippen LogP contribution in [0, 0.1) is 5.41 Å². The summed E-state index contributed by atoms with van der Waals surface area (Å²) in [5.74, 6) is 1.10. The zero-order valence-corrected chi connectivity index (χ0v) is 29.9. The van der Waals surface area contributed by atoms with Crippen molar-refractivity contribution in [2.45, 2.75) is 59.9 Å². The van der Waals surface area contributed by atoms with Gasteiger partial charge in [0.15, 0.2) is 17.9 Å². The Morgan fingerprint density at radius 3 is 1.96 bits per heavy atom. The molecule has 1 unspecified atom stereocenters. The number of phenols is 1. The molecule has 2 aliphatic rings. The summed E-state index contributed by atoms with van der Waals surface area (Å²) in [6.07, 6.45) is -0.705. The summed E-state index contributed by atoms with van der Waals surface area (Å²) in [4.78, 5) is 33.9. The zero-order chi connectivity index (χ0) is 36.6. The van der Waals surface area contributed by atoms with E-state index in [4.69, 9.17) is 16.2 Å². The molecule has 0 bridgehead atoms. The molecule has 3 atom stereocenters. The summed E-state index contributed by atoms with van der Waals surface area (Å²) >= 11 is 0. The van der Waals surface area contributed by atoms with Crippen LogP contribution in [0.15, 0.2) is 60.7 Å². The van der Waals surface area contributed by atoms with Gasteiger partial charge in [0.25, 0.3) is 0 Å². The summed E-state index contributed by atoms with van der Waals surface area (Å²) in [6, 6.07) is 17.8. The molecule has 2 aromatic carbocycles. The monoisotopic (exact) mass is 694 g/mol. The number of nitrogen functional groups attached to an aromatic ring is 2. The number of para-hydroxylation sites is 2. The van der Waals surface area contributed by atoms with E-state index >= 15 is 0 Å². The molecule has 0 saturated carbocycles. The molecule has 2 fully saturated rings. The number of ether oxygens (including phenoxy) is 1. The topological polar surface area (TPSA) is 180 Å². The summed E-state index contributed by atoms with van der Waals surface area (Å²) in [7, 11) is 0. The van der Waals surface area contributed by atoms with Crippen LogP contribution in [0.3, 0.4) is 0 Å². The van der Waals surface area contributed by atoms with E-state index < -0.39 is 11.6 Å². The maximum Gasteiger partial charge on any atom is 0.228 e. The Kier molecular flexibility index (Phi) is 9.60. The van der Waals surface area contributed by atoms with E-state index in [1.165, 1.54) is 6.92 Å². The summed E-state index contributed by atoms with van der Waals surface area (Å²) in [6.45, 7) is 13.8. The minimum atomic E-state index is -0.705. The fourth-order valence-electron chi connectivity index (χ4n) is 6.92. The highest BCUT2D eigenvalue weighted by molar-refractivity contribution is 5.82. The van der Waals surface area contributed by atoms with Gasteiger partial charge < -0.3 is 40.9 Å². The van der Waals surface area contributed by atoms with Crippen LogP contribution < -0.4 is 26.0 Å². The molecule has 14 heteroatoms. The third-order valence-electron chi connectivity index (χ3n) is 9.43. The summed E-state index contributed by atoms with van der Waals surface area (Å²) in [5, 5.41) is 27.7. The Morgan fingerprint density at radius 2 is 1.35 bits per heavy atom. The molecule has 0 spiro atoms. The van der Waals surface area contributed by atoms with Crippen molar-refractivity contribution in [1.29, 1.82) is 0 Å². The van der Waals surface area contributed by atoms with Crippen LogP contribution >= 0.6 is 0 Å². The van der Waals surface area contributed by atoms with Crippen LogP contribution in [-0.4, -0.2) is 98.2 Å². The molecule has 2 aromatic heterocycles. The lowest BCUT2D eigenvalue weighted by molar-refractivity contribution is -0.142. The van der Waals surface area contributed by atoms with E-state index in [0.717, 1.165) is 5.69 Å². The Bertz CT molecular complexity index is 1930. The van der Waals surface area contributed by atoms with Crippen molar-refractivity contribution in [1.82, 2.24) is 30.2 Å². The van der Waals surface area contributed by atoms with Crippen LogP contribution in [0.4, 0.5) is 23.0 Å². The summed E-state index contributed by atoms with van der Waals surface area (Å²) < 4.78 is 6.71. The van der Waals surface area contributed by atoms with E-state index in [2.05, 4.69) is 25.3 Å². The molecule has 0 aliphatic carbocycles. The quantitative estimate of drug-likeness (QED) is 0.264. The lowest BCUT2D eigenvalue weighted by Crippen LogP contribution is -2.61. The first-order valence-electron chi connectivity index (χ1n) is 17.1. The van der Waals surface area contributed by atoms with Crippen molar-refractivity contribution >= 4 is 34.8 Å². The minimum absolute atomic E-state index is 0.0231. The number of carbonyl (C=O) groups excluding carboxylic acids is 2. The average molecular weight is 695 g/mol. The number of amides is 2. The van der Waals surface area contributed by atoms with Crippen molar-refractivity contribution in [3.05, 3.63) is 60.7 Å². The number of phenolic OH excluding ortho intramolecular Hbond substituents is 1. The number of nitrogens with zero attached hydrogens (tertiary/aromatic N) is 8. The highest BCUT2D eigenvalue weighted by atomic mass is 16.5. The van der Waals surface area contributed by atoms with Gasteiger partial charge in [-0.2, -0.15) is 0 Å². The molecule has 0 radical (unpaired) electrons. The smallest absolute Gasteiger partial charge is 0.228 e. The lowest BCUT2D eigenvalue weighted by atomic mass is 9.93. The van der Waals surface area contributed by atoms with E-state index in [-0.39, 0.29) is 42.0 Å². The number of benzene rings is 2. The normalized spacial score (nSPS) is 19.6. The SMILES string of the molecule is CC(=O)N1[C@H](C)CN(c2cc(-c3ccccc3O)nnc2N)C[C@H]1Oc1ccccc1-c1cc(N2CCN(C(=O)C(C)(C)C)C(C)C2)c(N)nn1. The standard InChI is InChI=1S/C37H46N10O4/c1-22-19-44(15-16-46(22)36(50)37(4,5)6)29-18-28(41-42-34(29)38)26-12-8-10-14-32(26)51-33-21-45(20-23(2)47(33)24(3)48)30-17-27(40-43-35(30)39)25-11-7-9-13-31(25)49/h7-14,17-18,22-23,33,49H,15-16,19-21H2,1-6H3,(H2,38,42)(H2,39,43)/t22?,23-,33-/m1/s1. The second-order valence-corrected chi connectivity index (χ2v) is 14.3. The van der Waals surface area contributed by atoms with Gasteiger partial charge >= 0.3 is 0 Å². The third kappa shape index (κ3) is 7.16. The molecule has 51 heavy (non-hydrogen) atoms. The first-order chi connectivity index (χ1) is 24.2. The van der Waals surface area contributed by atoms with Gasteiger partial charge in [-0.1, -0.05) is 45.0 Å². The molecule has 4 heterocycles. The average Bonchev–Trinajstić information content (AvgIpc) is 3.08. The highest BCUT2D eigenvalue weighted by Gasteiger charge is 2.38. The fraction of sp³-hybridized carbons (Fsp3) is 0.405. The van der Waals surface area contributed by atoms with E-state index in [1.807, 2.05) is 80.8 Å². The van der Waals surface area contributed by atoms with Crippen LogP contribution in [-0.2, 0) is 9.59 Å². The maximum atomic E-state index is 13.1. The molecule has 4 aromatic rings. The zero-order valence-electron chi connectivity index (χ0n) is 29.9. The Balaban J connectivity index is 1.28. The Morgan fingerprint density at radius 1 is 0.784 bits per heavy atom. The number of aromatic hydroxyl groups is 1. The van der Waals surface area contributed by atoms with Crippen molar-refractivity contribution in [3.63, 3.8) is 0 Å². The predicted molar refractivity (Wildman–Crippen MR) is 197 cm³/mol. The number of hydrogen-bond acceptors (Lipinski definition) is 12. The Labute approximate surface area is 298 Å². The summed E-state index contributed by atoms with van der Waals surface area (Å²) in [5.41, 5.74) is 15.9. The van der Waals surface area contributed by atoms with Crippen molar-refractivity contribution in [3.8, 4) is 34.0 Å². The van der Waals surface area contributed by atoms with Gasteiger partial charge in [-0.15, -0.1) is 20.4 Å². The number of rotatable bonds is 6. The number of anilines is 4. The first-order valence-corrected chi connectivity index (χ1v) is 17.1. The van der Waals surface area contributed by atoms with Crippen LogP contribution in [0.2, 0.25) is 0 Å². The molecule has 2 aliphatic heterocycles. The second kappa shape index (κ2) is 13.9. The Hall–Kier alpha value is -5.66. The molecule has 14 nitrogen and oxygen atoms in total. The number of carbonyl (C=O) groups is 2. The van der Waals surface area contributed by atoms with Crippen molar-refractivity contribution in [2.24, 2.45) is 5.41 Å². The number of hydrogen-bond donors (Lipinski definition) is 3. The lowest BCUT2D eigenvalue weighted by Gasteiger charge is -2.45. The highest BCUT2D eigenvalue weighted by Crippen LogP contribution is 2.37. The van der Waals surface area contributed by atoms with E-state index in [1.54, 1.807) is 29.2 Å². The fourth-order valence-corrected chi connectivity index (χ4v) is 6.92. The predicted octanol–water partition coefficient (Wildman–Crippen LogP) is 4.02. The molecular weight excluding hydrogens is 648 g/mol. The van der Waals surface area contributed by atoms with Gasteiger partial charge in [0.2, 0.25) is 11.8 Å². The largest absolute Gasteiger partial charge is 0.507 e. The van der Waals surface area contributed by atoms with Crippen LogP contribution in [0.5, 0.6) is 11.5 Å². The van der Waals surface area contributed by atoms with Gasteiger partial charge in [-0.3, -0.25) is 9.59 Å². The number of piperazine rings is 2. The number of aromatic nitrogens is 4. The molecule has 2 saturated heterocycles. The second-order valence-electron chi connectivity index (χ2n) is 14.3. The van der Waals surface area contributed by atoms with Crippen LogP contribution in [0.1, 0.15) is 41.5 Å². The molecule has 268 valence electrons. The van der Waals surface area contributed by atoms with Crippen molar-refractivity contribution < 1.29 is 19.4 Å². The van der Waals surface area contributed by atoms with Gasteiger partial charge in [0, 0.05) is 61.7 Å². The molecule has 6 rings (SSSR count). The molecule has 2 amide bonds. The first kappa shape index (κ1) is 35.2. The molecule has 5 N–H and O–H groups in total. The third-order valence-corrected chi connectivity index (χ3v) is 9.43. The maximum absolute atomic E-state index is 13.1. The van der Waals surface area contributed by atoms with Gasteiger partial charge in [-0.05, 0) is 50.2 Å². The van der Waals surface area contributed by atoms with E-state index in [9.17, 15) is 14.7 Å². The minimum Gasteiger partial charge on any atom is -0.507 e. The van der Waals surface area contributed by atoms with Crippen LogP contribution in [0.25, 0.3) is 22.5 Å². The van der Waals surface area contributed by atoms with E-state index in [0.29, 0.717) is 65.9 Å².